The van der Waals surface area contributed by atoms with Gasteiger partial charge in [-0.25, -0.2) is 4.39 Å². The van der Waals surface area contributed by atoms with Crippen LogP contribution in [0.1, 0.15) is 43.9 Å². The van der Waals surface area contributed by atoms with E-state index in [1.807, 2.05) is 13.8 Å². The normalized spacial score (nSPS) is 15.3. The third-order valence-electron chi connectivity index (χ3n) is 3.20. The van der Waals surface area contributed by atoms with Gasteiger partial charge in [0, 0.05) is 5.56 Å². The molecular weight excluding hydrogens is 310 g/mol. The third kappa shape index (κ3) is 4.83. The van der Waals surface area contributed by atoms with Gasteiger partial charge in [0.2, 0.25) is 0 Å². The minimum absolute atomic E-state index is 0.270. The zero-order chi connectivity index (χ0) is 16.4. The average molecular weight is 328 g/mol. The van der Waals surface area contributed by atoms with Crippen LogP contribution in [0.5, 0.6) is 0 Å². The first-order valence-corrected chi connectivity index (χ1v) is 6.91. The Balaban J connectivity index is 3.08. The summed E-state index contributed by atoms with van der Waals surface area (Å²) >= 11 is 5.49. The number of aliphatic hydroxyl groups excluding tert-OH is 1. The standard InChI is InChI=1S/C14H18ClF4NO/c1-7(2)3-4-11(21)13(20)9-5-8(14(17,18)19)6-10(15)12(9)16/h5-7,11,13,21H,3-4,20H2,1-2H3/t11-,13+/m1/s1. The van der Waals surface area contributed by atoms with E-state index in [2.05, 4.69) is 0 Å². The summed E-state index contributed by atoms with van der Waals surface area (Å²) in [5.74, 6) is -0.734. The van der Waals surface area contributed by atoms with Crippen molar-refractivity contribution in [2.24, 2.45) is 11.7 Å². The first-order valence-electron chi connectivity index (χ1n) is 6.53. The van der Waals surface area contributed by atoms with E-state index < -0.39 is 40.3 Å². The summed E-state index contributed by atoms with van der Waals surface area (Å²) in [6.45, 7) is 3.86. The van der Waals surface area contributed by atoms with Gasteiger partial charge in [0.25, 0.3) is 0 Å². The lowest BCUT2D eigenvalue weighted by Gasteiger charge is -2.22. The molecule has 0 radical (unpaired) electrons. The number of rotatable bonds is 5. The van der Waals surface area contributed by atoms with Gasteiger partial charge in [-0.2, -0.15) is 13.2 Å². The second-order valence-corrected chi connectivity index (χ2v) is 5.83. The lowest BCUT2D eigenvalue weighted by atomic mass is 9.94. The van der Waals surface area contributed by atoms with E-state index in [9.17, 15) is 22.7 Å². The number of nitrogens with two attached hydrogens (primary N) is 1. The van der Waals surface area contributed by atoms with Crippen LogP contribution in [0.4, 0.5) is 17.6 Å². The smallest absolute Gasteiger partial charge is 0.391 e. The van der Waals surface area contributed by atoms with Crippen molar-refractivity contribution in [1.82, 2.24) is 0 Å². The van der Waals surface area contributed by atoms with Crippen LogP contribution in [0.15, 0.2) is 12.1 Å². The molecular formula is C14H18ClF4NO. The third-order valence-corrected chi connectivity index (χ3v) is 3.47. The van der Waals surface area contributed by atoms with Crippen LogP contribution in [-0.2, 0) is 6.18 Å². The van der Waals surface area contributed by atoms with E-state index >= 15 is 0 Å². The molecule has 2 nitrogen and oxygen atoms in total. The maximum Gasteiger partial charge on any atom is 0.416 e. The Morgan fingerprint density at radius 2 is 1.81 bits per heavy atom. The highest BCUT2D eigenvalue weighted by atomic mass is 35.5. The molecule has 0 heterocycles. The minimum Gasteiger partial charge on any atom is -0.391 e. The molecule has 0 spiro atoms. The Morgan fingerprint density at radius 3 is 2.29 bits per heavy atom. The molecule has 0 saturated carbocycles. The fraction of sp³-hybridized carbons (Fsp3) is 0.571. The highest BCUT2D eigenvalue weighted by molar-refractivity contribution is 6.30. The largest absolute Gasteiger partial charge is 0.416 e. The zero-order valence-electron chi connectivity index (χ0n) is 11.7. The van der Waals surface area contributed by atoms with Crippen molar-refractivity contribution in [1.29, 1.82) is 0 Å². The van der Waals surface area contributed by atoms with Gasteiger partial charge in [0.15, 0.2) is 0 Å². The van der Waals surface area contributed by atoms with Crippen LogP contribution in [0.25, 0.3) is 0 Å². The maximum absolute atomic E-state index is 13.9. The van der Waals surface area contributed by atoms with Gasteiger partial charge in [-0.3, -0.25) is 0 Å². The monoisotopic (exact) mass is 327 g/mol. The van der Waals surface area contributed by atoms with Crippen LogP contribution in [0.2, 0.25) is 5.02 Å². The molecule has 0 unspecified atom stereocenters. The van der Waals surface area contributed by atoms with Crippen LogP contribution in [-0.4, -0.2) is 11.2 Å². The number of hydrogen-bond acceptors (Lipinski definition) is 2. The summed E-state index contributed by atoms with van der Waals surface area (Å²) in [6.07, 6.45) is -4.90. The SMILES string of the molecule is CC(C)CC[C@@H](O)[C@@H](N)c1cc(C(F)(F)F)cc(Cl)c1F. The Labute approximate surface area is 125 Å². The molecule has 0 aromatic heterocycles. The molecule has 0 saturated heterocycles. The first-order chi connectivity index (χ1) is 9.54. The van der Waals surface area contributed by atoms with Crippen molar-refractivity contribution in [3.63, 3.8) is 0 Å². The van der Waals surface area contributed by atoms with Gasteiger partial charge in [-0.15, -0.1) is 0 Å². The number of aliphatic hydroxyl groups is 1. The fourth-order valence-electron chi connectivity index (χ4n) is 1.91. The molecule has 0 amide bonds. The Morgan fingerprint density at radius 1 is 1.24 bits per heavy atom. The van der Waals surface area contributed by atoms with Gasteiger partial charge < -0.3 is 10.8 Å². The highest BCUT2D eigenvalue weighted by Crippen LogP contribution is 2.35. The minimum atomic E-state index is -4.66. The van der Waals surface area contributed by atoms with E-state index in [0.717, 1.165) is 0 Å². The highest BCUT2D eigenvalue weighted by Gasteiger charge is 2.33. The topological polar surface area (TPSA) is 46.2 Å². The van der Waals surface area contributed by atoms with Crippen molar-refractivity contribution in [3.05, 3.63) is 34.1 Å². The van der Waals surface area contributed by atoms with Crippen molar-refractivity contribution >= 4 is 11.6 Å². The second kappa shape index (κ2) is 6.94. The molecule has 0 aliphatic rings. The summed E-state index contributed by atoms with van der Waals surface area (Å²) in [5.41, 5.74) is 4.18. The number of hydrogen-bond donors (Lipinski definition) is 2. The molecule has 2 atom stereocenters. The van der Waals surface area contributed by atoms with Crippen molar-refractivity contribution < 1.29 is 22.7 Å². The molecule has 7 heteroatoms. The number of benzene rings is 1. The summed E-state index contributed by atoms with van der Waals surface area (Å²) in [6, 6.07) is -0.151. The number of alkyl halides is 3. The summed E-state index contributed by atoms with van der Waals surface area (Å²) < 4.78 is 52.0. The molecule has 3 N–H and O–H groups in total. The van der Waals surface area contributed by atoms with E-state index in [-0.39, 0.29) is 6.42 Å². The molecule has 0 aliphatic carbocycles. The average Bonchev–Trinajstić information content (AvgIpc) is 2.36. The lowest BCUT2D eigenvalue weighted by molar-refractivity contribution is -0.137. The quantitative estimate of drug-likeness (QED) is 0.792. The molecule has 1 aromatic rings. The first kappa shape index (κ1) is 18.2. The van der Waals surface area contributed by atoms with Gasteiger partial charge >= 0.3 is 6.18 Å². The molecule has 0 fully saturated rings. The second-order valence-electron chi connectivity index (χ2n) is 5.42. The number of halogens is 5. The fourth-order valence-corrected chi connectivity index (χ4v) is 2.13. The predicted molar refractivity (Wildman–Crippen MR) is 73.4 cm³/mol. The van der Waals surface area contributed by atoms with Gasteiger partial charge in [-0.1, -0.05) is 25.4 Å². The summed E-state index contributed by atoms with van der Waals surface area (Å²) in [5, 5.41) is 9.25. The van der Waals surface area contributed by atoms with Crippen LogP contribution in [0.3, 0.4) is 0 Å². The lowest BCUT2D eigenvalue weighted by Crippen LogP contribution is -2.28. The molecule has 21 heavy (non-hydrogen) atoms. The van der Waals surface area contributed by atoms with Gasteiger partial charge in [0.1, 0.15) is 5.82 Å². The van der Waals surface area contributed by atoms with Crippen LogP contribution >= 0.6 is 11.6 Å². The Hall–Kier alpha value is -0.850. The molecule has 0 aliphatic heterocycles. The molecule has 0 bridgehead atoms. The van der Waals surface area contributed by atoms with Crippen molar-refractivity contribution in [2.45, 2.75) is 45.0 Å². The van der Waals surface area contributed by atoms with Crippen LogP contribution < -0.4 is 5.73 Å². The zero-order valence-corrected chi connectivity index (χ0v) is 12.5. The van der Waals surface area contributed by atoms with Gasteiger partial charge in [0.05, 0.1) is 22.7 Å². The van der Waals surface area contributed by atoms with Crippen LogP contribution in [0, 0.1) is 11.7 Å². The Kier molecular flexibility index (Phi) is 6.01. The molecule has 1 rings (SSSR count). The Bertz CT molecular complexity index is 491. The van der Waals surface area contributed by atoms with E-state index in [1.165, 1.54) is 0 Å². The van der Waals surface area contributed by atoms with Crippen molar-refractivity contribution in [3.8, 4) is 0 Å². The molecule has 120 valence electrons. The van der Waals surface area contributed by atoms with E-state index in [4.69, 9.17) is 17.3 Å². The van der Waals surface area contributed by atoms with E-state index in [1.54, 1.807) is 0 Å². The van der Waals surface area contributed by atoms with Crippen molar-refractivity contribution in [2.75, 3.05) is 0 Å². The summed E-state index contributed by atoms with van der Waals surface area (Å²) in [7, 11) is 0. The molecule has 1 aromatic carbocycles. The van der Waals surface area contributed by atoms with Gasteiger partial charge in [-0.05, 0) is 30.9 Å². The predicted octanol–water partition coefficient (Wildman–Crippen LogP) is 4.29. The van der Waals surface area contributed by atoms with E-state index in [0.29, 0.717) is 24.5 Å². The summed E-state index contributed by atoms with van der Waals surface area (Å²) in [4.78, 5) is 0. The maximum atomic E-state index is 13.9.